The summed E-state index contributed by atoms with van der Waals surface area (Å²) in [6, 6.07) is 4.68. The van der Waals surface area contributed by atoms with Gasteiger partial charge in [0.25, 0.3) is 0 Å². The number of benzene rings is 1. The molecule has 0 radical (unpaired) electrons. The first-order valence-electron chi connectivity index (χ1n) is 6.50. The van der Waals surface area contributed by atoms with Crippen LogP contribution in [0.3, 0.4) is 0 Å². The monoisotopic (exact) mass is 251 g/mol. The molecule has 1 atom stereocenters. The minimum atomic E-state index is -0.101. The van der Waals surface area contributed by atoms with Crippen LogP contribution in [0.15, 0.2) is 18.2 Å². The van der Waals surface area contributed by atoms with Gasteiger partial charge in [0, 0.05) is 19.2 Å². The van der Waals surface area contributed by atoms with E-state index >= 15 is 0 Å². The molecule has 0 spiro atoms. The smallest absolute Gasteiger partial charge is 0.124 e. The normalized spacial score (nSPS) is 16.7. The van der Waals surface area contributed by atoms with Crippen molar-refractivity contribution in [2.24, 2.45) is 5.92 Å². The van der Waals surface area contributed by atoms with Crippen LogP contribution in [0.2, 0.25) is 0 Å². The minimum absolute atomic E-state index is 0.101. The molecular weight excluding hydrogens is 230 g/mol. The standard InChI is InChI=1S/C14H21NO3/c1-10(14-12(16)3-2-4-13(14)17)15-7-8-18-9-11-5-6-11/h2-4,10-11,15-17H,5-9H2,1H3. The summed E-state index contributed by atoms with van der Waals surface area (Å²) in [5.74, 6) is 1.02. The summed E-state index contributed by atoms with van der Waals surface area (Å²) >= 11 is 0. The molecule has 0 saturated heterocycles. The fraction of sp³-hybridized carbons (Fsp3) is 0.571. The second-order valence-corrected chi connectivity index (χ2v) is 4.90. The molecule has 3 N–H and O–H groups in total. The molecule has 1 saturated carbocycles. The van der Waals surface area contributed by atoms with Crippen molar-refractivity contribution in [2.45, 2.75) is 25.8 Å². The predicted octanol–water partition coefficient (Wildman–Crippen LogP) is 2.18. The maximum Gasteiger partial charge on any atom is 0.124 e. The zero-order chi connectivity index (χ0) is 13.0. The number of phenols is 2. The van der Waals surface area contributed by atoms with Crippen LogP contribution in [0.25, 0.3) is 0 Å². The predicted molar refractivity (Wildman–Crippen MR) is 69.7 cm³/mol. The maximum atomic E-state index is 9.71. The van der Waals surface area contributed by atoms with Gasteiger partial charge in [-0.15, -0.1) is 0 Å². The second kappa shape index (κ2) is 6.07. The highest BCUT2D eigenvalue weighted by Gasteiger charge is 2.21. The molecule has 18 heavy (non-hydrogen) atoms. The van der Waals surface area contributed by atoms with Crippen molar-refractivity contribution in [3.8, 4) is 11.5 Å². The Morgan fingerprint density at radius 1 is 1.33 bits per heavy atom. The average molecular weight is 251 g/mol. The molecule has 0 heterocycles. The molecular formula is C14H21NO3. The van der Waals surface area contributed by atoms with Gasteiger partial charge in [0.05, 0.1) is 12.2 Å². The molecule has 1 unspecified atom stereocenters. The van der Waals surface area contributed by atoms with Crippen LogP contribution in [0.5, 0.6) is 11.5 Å². The van der Waals surface area contributed by atoms with Gasteiger partial charge in [-0.2, -0.15) is 0 Å². The highest BCUT2D eigenvalue weighted by Crippen LogP contribution is 2.32. The van der Waals surface area contributed by atoms with E-state index < -0.39 is 0 Å². The van der Waals surface area contributed by atoms with Crippen molar-refractivity contribution >= 4 is 0 Å². The highest BCUT2D eigenvalue weighted by atomic mass is 16.5. The quantitative estimate of drug-likeness (QED) is 0.650. The van der Waals surface area contributed by atoms with Gasteiger partial charge in [0.2, 0.25) is 0 Å². The van der Waals surface area contributed by atoms with Crippen molar-refractivity contribution < 1.29 is 14.9 Å². The molecule has 4 heteroatoms. The van der Waals surface area contributed by atoms with Crippen LogP contribution < -0.4 is 5.32 Å². The lowest BCUT2D eigenvalue weighted by Crippen LogP contribution is -2.23. The largest absolute Gasteiger partial charge is 0.507 e. The van der Waals surface area contributed by atoms with Crippen molar-refractivity contribution in [3.63, 3.8) is 0 Å². The van der Waals surface area contributed by atoms with E-state index in [0.717, 1.165) is 12.5 Å². The van der Waals surface area contributed by atoms with Gasteiger partial charge in [0.1, 0.15) is 11.5 Å². The van der Waals surface area contributed by atoms with E-state index in [1.54, 1.807) is 18.2 Å². The van der Waals surface area contributed by atoms with Gasteiger partial charge in [0.15, 0.2) is 0 Å². The number of rotatable bonds is 7. The Kier molecular flexibility index (Phi) is 4.44. The first-order valence-corrected chi connectivity index (χ1v) is 6.50. The van der Waals surface area contributed by atoms with Gasteiger partial charge in [-0.3, -0.25) is 0 Å². The fourth-order valence-corrected chi connectivity index (χ4v) is 1.97. The molecule has 4 nitrogen and oxygen atoms in total. The van der Waals surface area contributed by atoms with Crippen molar-refractivity contribution in [2.75, 3.05) is 19.8 Å². The van der Waals surface area contributed by atoms with E-state index in [-0.39, 0.29) is 17.5 Å². The minimum Gasteiger partial charge on any atom is -0.507 e. The lowest BCUT2D eigenvalue weighted by molar-refractivity contribution is 0.124. The van der Waals surface area contributed by atoms with E-state index in [9.17, 15) is 10.2 Å². The molecule has 0 aromatic heterocycles. The number of aromatic hydroxyl groups is 2. The van der Waals surface area contributed by atoms with Gasteiger partial charge < -0.3 is 20.3 Å². The summed E-state index contributed by atoms with van der Waals surface area (Å²) in [6.45, 7) is 4.14. The zero-order valence-corrected chi connectivity index (χ0v) is 10.7. The SMILES string of the molecule is CC(NCCOCC1CC1)c1c(O)cccc1O. The zero-order valence-electron chi connectivity index (χ0n) is 10.7. The Morgan fingerprint density at radius 2 is 2.00 bits per heavy atom. The Balaban J connectivity index is 1.74. The Morgan fingerprint density at radius 3 is 2.61 bits per heavy atom. The summed E-state index contributed by atoms with van der Waals surface area (Å²) < 4.78 is 5.52. The summed E-state index contributed by atoms with van der Waals surface area (Å²) in [5.41, 5.74) is 0.541. The number of ether oxygens (including phenoxy) is 1. The Bertz CT molecular complexity index is 370. The molecule has 2 rings (SSSR count). The van der Waals surface area contributed by atoms with Crippen molar-refractivity contribution in [1.29, 1.82) is 0 Å². The average Bonchev–Trinajstić information content (AvgIpc) is 3.12. The molecule has 0 aliphatic heterocycles. The van der Waals surface area contributed by atoms with Crippen LogP contribution >= 0.6 is 0 Å². The maximum absolute atomic E-state index is 9.71. The first-order chi connectivity index (χ1) is 8.68. The summed E-state index contributed by atoms with van der Waals surface area (Å²) in [4.78, 5) is 0. The van der Waals surface area contributed by atoms with Gasteiger partial charge in [-0.25, -0.2) is 0 Å². The third kappa shape index (κ3) is 3.62. The highest BCUT2D eigenvalue weighted by molar-refractivity contribution is 5.44. The molecule has 1 fully saturated rings. The van der Waals surface area contributed by atoms with E-state index in [0.29, 0.717) is 18.7 Å². The molecule has 1 aromatic carbocycles. The van der Waals surface area contributed by atoms with Crippen LogP contribution in [-0.2, 0) is 4.74 Å². The first kappa shape index (κ1) is 13.2. The Labute approximate surface area is 108 Å². The van der Waals surface area contributed by atoms with Crippen LogP contribution in [0, 0.1) is 5.92 Å². The number of hydrogen-bond donors (Lipinski definition) is 3. The summed E-state index contributed by atoms with van der Waals surface area (Å²) in [7, 11) is 0. The molecule has 1 aliphatic rings. The van der Waals surface area contributed by atoms with Crippen LogP contribution in [0.1, 0.15) is 31.4 Å². The van der Waals surface area contributed by atoms with E-state index in [1.807, 2.05) is 6.92 Å². The summed E-state index contributed by atoms with van der Waals surface area (Å²) in [5, 5.41) is 22.7. The van der Waals surface area contributed by atoms with Gasteiger partial charge in [-0.05, 0) is 37.8 Å². The third-order valence-electron chi connectivity index (χ3n) is 3.24. The second-order valence-electron chi connectivity index (χ2n) is 4.90. The van der Waals surface area contributed by atoms with E-state index in [2.05, 4.69) is 5.32 Å². The van der Waals surface area contributed by atoms with Gasteiger partial charge >= 0.3 is 0 Å². The van der Waals surface area contributed by atoms with E-state index in [4.69, 9.17) is 4.74 Å². The summed E-state index contributed by atoms with van der Waals surface area (Å²) in [6.07, 6.45) is 2.60. The lowest BCUT2D eigenvalue weighted by Gasteiger charge is -2.16. The number of nitrogens with one attached hydrogen (secondary N) is 1. The van der Waals surface area contributed by atoms with Crippen LogP contribution in [-0.4, -0.2) is 30.0 Å². The number of phenolic OH excluding ortho intramolecular Hbond substituents is 2. The number of hydrogen-bond acceptors (Lipinski definition) is 4. The molecule has 1 aliphatic carbocycles. The molecule has 0 bridgehead atoms. The van der Waals surface area contributed by atoms with Crippen molar-refractivity contribution in [3.05, 3.63) is 23.8 Å². The molecule has 100 valence electrons. The fourth-order valence-electron chi connectivity index (χ4n) is 1.97. The molecule has 1 aromatic rings. The van der Waals surface area contributed by atoms with Gasteiger partial charge in [-0.1, -0.05) is 6.07 Å². The molecule has 0 amide bonds. The lowest BCUT2D eigenvalue weighted by atomic mass is 10.1. The third-order valence-corrected chi connectivity index (χ3v) is 3.24. The van der Waals surface area contributed by atoms with Crippen molar-refractivity contribution in [1.82, 2.24) is 5.32 Å². The topological polar surface area (TPSA) is 61.7 Å². The van der Waals surface area contributed by atoms with E-state index in [1.165, 1.54) is 12.8 Å². The Hall–Kier alpha value is -1.26. The van der Waals surface area contributed by atoms with Crippen LogP contribution in [0.4, 0.5) is 0 Å².